The standard InChI is InChI=1S/C14H9NO2S/c16-14-9-12(18-13-7-3-4-8-15-13)10-5-1-2-6-11(10)17-14/h1-9H. The molecule has 0 unspecified atom stereocenters. The molecular weight excluding hydrogens is 246 g/mol. The van der Waals surface area contributed by atoms with Crippen LogP contribution in [0.1, 0.15) is 0 Å². The Morgan fingerprint density at radius 1 is 1.06 bits per heavy atom. The zero-order valence-corrected chi connectivity index (χ0v) is 10.2. The van der Waals surface area contributed by atoms with Gasteiger partial charge in [-0.1, -0.05) is 36.0 Å². The molecule has 1 aromatic carbocycles. The van der Waals surface area contributed by atoms with Crippen molar-refractivity contribution in [3.05, 3.63) is 65.1 Å². The van der Waals surface area contributed by atoms with Crippen LogP contribution >= 0.6 is 11.8 Å². The first-order valence-electron chi connectivity index (χ1n) is 5.45. The molecule has 88 valence electrons. The number of rotatable bonds is 2. The lowest BCUT2D eigenvalue weighted by atomic mass is 10.2. The van der Waals surface area contributed by atoms with Gasteiger partial charge in [-0.05, 0) is 18.2 Å². The quantitative estimate of drug-likeness (QED) is 0.659. The Balaban J connectivity index is 2.14. The highest BCUT2D eigenvalue weighted by molar-refractivity contribution is 7.99. The maximum absolute atomic E-state index is 11.5. The van der Waals surface area contributed by atoms with Crippen LogP contribution in [0.2, 0.25) is 0 Å². The molecule has 0 saturated carbocycles. The summed E-state index contributed by atoms with van der Waals surface area (Å²) in [5.74, 6) is 0. The zero-order valence-electron chi connectivity index (χ0n) is 9.37. The van der Waals surface area contributed by atoms with Gasteiger partial charge < -0.3 is 4.42 Å². The zero-order chi connectivity index (χ0) is 12.4. The summed E-state index contributed by atoms with van der Waals surface area (Å²) >= 11 is 1.46. The maximum atomic E-state index is 11.5. The minimum absolute atomic E-state index is 0.341. The molecule has 3 nitrogen and oxygen atoms in total. The summed E-state index contributed by atoms with van der Waals surface area (Å²) in [7, 11) is 0. The molecule has 0 radical (unpaired) electrons. The van der Waals surface area contributed by atoms with Crippen LogP contribution in [-0.2, 0) is 0 Å². The highest BCUT2D eigenvalue weighted by Crippen LogP contribution is 2.30. The Bertz CT molecular complexity index is 737. The van der Waals surface area contributed by atoms with Gasteiger partial charge in [0.25, 0.3) is 0 Å². The first kappa shape index (κ1) is 11.0. The van der Waals surface area contributed by atoms with Crippen molar-refractivity contribution >= 4 is 22.7 Å². The Morgan fingerprint density at radius 3 is 2.72 bits per heavy atom. The average molecular weight is 255 g/mol. The van der Waals surface area contributed by atoms with Crippen molar-refractivity contribution in [2.75, 3.05) is 0 Å². The number of pyridine rings is 1. The highest BCUT2D eigenvalue weighted by Gasteiger charge is 2.06. The highest BCUT2D eigenvalue weighted by atomic mass is 32.2. The van der Waals surface area contributed by atoms with Crippen molar-refractivity contribution in [2.24, 2.45) is 0 Å². The lowest BCUT2D eigenvalue weighted by molar-refractivity contribution is 0.557. The third kappa shape index (κ3) is 2.15. The van der Waals surface area contributed by atoms with Crippen LogP contribution in [0, 0.1) is 0 Å². The van der Waals surface area contributed by atoms with Crippen molar-refractivity contribution < 1.29 is 4.42 Å². The number of benzene rings is 1. The summed E-state index contributed by atoms with van der Waals surface area (Å²) in [6.07, 6.45) is 1.73. The smallest absolute Gasteiger partial charge is 0.337 e. The van der Waals surface area contributed by atoms with E-state index in [-0.39, 0.29) is 5.63 Å². The van der Waals surface area contributed by atoms with Gasteiger partial charge in [0.2, 0.25) is 0 Å². The molecule has 2 heterocycles. The monoisotopic (exact) mass is 255 g/mol. The third-order valence-electron chi connectivity index (χ3n) is 2.46. The lowest BCUT2D eigenvalue weighted by Gasteiger charge is -2.03. The topological polar surface area (TPSA) is 43.1 Å². The molecule has 0 aliphatic heterocycles. The predicted octanol–water partition coefficient (Wildman–Crippen LogP) is 3.34. The number of aromatic nitrogens is 1. The summed E-state index contributed by atoms with van der Waals surface area (Å²) in [6, 6.07) is 14.7. The summed E-state index contributed by atoms with van der Waals surface area (Å²) in [5.41, 5.74) is 0.260. The van der Waals surface area contributed by atoms with Crippen LogP contribution in [0.4, 0.5) is 0 Å². The fourth-order valence-electron chi connectivity index (χ4n) is 1.69. The van der Waals surface area contributed by atoms with Crippen LogP contribution in [0.15, 0.2) is 73.9 Å². The second-order valence-corrected chi connectivity index (χ2v) is 4.76. The van der Waals surface area contributed by atoms with Crippen LogP contribution in [0.3, 0.4) is 0 Å². The number of nitrogens with zero attached hydrogens (tertiary/aromatic N) is 1. The summed E-state index contributed by atoms with van der Waals surface area (Å²) in [5, 5.41) is 1.78. The van der Waals surface area contributed by atoms with E-state index < -0.39 is 0 Å². The van der Waals surface area contributed by atoms with Crippen LogP contribution < -0.4 is 5.63 Å². The van der Waals surface area contributed by atoms with Crippen LogP contribution in [0.25, 0.3) is 11.0 Å². The molecule has 3 aromatic rings. The SMILES string of the molecule is O=c1cc(Sc2ccccn2)c2ccccc2o1. The first-order valence-corrected chi connectivity index (χ1v) is 6.26. The largest absolute Gasteiger partial charge is 0.423 e. The van der Waals surface area contributed by atoms with Gasteiger partial charge in [-0.25, -0.2) is 9.78 Å². The minimum atomic E-state index is -0.341. The van der Waals surface area contributed by atoms with Crippen molar-refractivity contribution in [3.8, 4) is 0 Å². The van der Waals surface area contributed by atoms with E-state index >= 15 is 0 Å². The molecule has 0 saturated heterocycles. The molecule has 3 rings (SSSR count). The number of para-hydroxylation sites is 1. The second-order valence-electron chi connectivity index (χ2n) is 3.70. The molecule has 2 aromatic heterocycles. The number of hydrogen-bond acceptors (Lipinski definition) is 4. The Kier molecular flexibility index (Phi) is 2.86. The molecule has 0 atom stereocenters. The van der Waals surface area contributed by atoms with E-state index in [9.17, 15) is 4.79 Å². The van der Waals surface area contributed by atoms with Gasteiger partial charge in [-0.2, -0.15) is 0 Å². The molecule has 0 aliphatic carbocycles. The van der Waals surface area contributed by atoms with Crippen LogP contribution in [0.5, 0.6) is 0 Å². The molecule has 18 heavy (non-hydrogen) atoms. The fraction of sp³-hybridized carbons (Fsp3) is 0. The molecule has 0 spiro atoms. The van der Waals surface area contributed by atoms with E-state index in [2.05, 4.69) is 4.98 Å². The fourth-order valence-corrected chi connectivity index (χ4v) is 2.61. The van der Waals surface area contributed by atoms with E-state index in [0.717, 1.165) is 15.3 Å². The summed E-state index contributed by atoms with van der Waals surface area (Å²) in [4.78, 5) is 16.6. The van der Waals surface area contributed by atoms with Crippen molar-refractivity contribution in [1.82, 2.24) is 4.98 Å². The molecule has 0 aliphatic rings. The average Bonchev–Trinajstić information content (AvgIpc) is 2.40. The first-order chi connectivity index (χ1) is 8.83. The number of fused-ring (bicyclic) bond motifs is 1. The third-order valence-corrected chi connectivity index (χ3v) is 3.47. The number of hydrogen-bond donors (Lipinski definition) is 0. The predicted molar refractivity (Wildman–Crippen MR) is 70.8 cm³/mol. The van der Waals surface area contributed by atoms with Gasteiger partial charge in [0.1, 0.15) is 10.6 Å². The molecule has 0 amide bonds. The minimum Gasteiger partial charge on any atom is -0.423 e. The van der Waals surface area contributed by atoms with E-state index in [0.29, 0.717) is 5.58 Å². The van der Waals surface area contributed by atoms with Crippen molar-refractivity contribution in [1.29, 1.82) is 0 Å². The summed E-state index contributed by atoms with van der Waals surface area (Å²) < 4.78 is 5.15. The van der Waals surface area contributed by atoms with Crippen molar-refractivity contribution in [2.45, 2.75) is 9.92 Å². The van der Waals surface area contributed by atoms with E-state index in [1.165, 1.54) is 17.8 Å². The molecule has 4 heteroatoms. The van der Waals surface area contributed by atoms with Gasteiger partial charge >= 0.3 is 5.63 Å². The van der Waals surface area contributed by atoms with Gasteiger partial charge in [0.05, 0.1) is 0 Å². The van der Waals surface area contributed by atoms with Crippen LogP contribution in [-0.4, -0.2) is 4.98 Å². The van der Waals surface area contributed by atoms with Gasteiger partial charge in [-0.15, -0.1) is 0 Å². The van der Waals surface area contributed by atoms with Gasteiger partial charge in [0.15, 0.2) is 0 Å². The summed E-state index contributed by atoms with van der Waals surface area (Å²) in [6.45, 7) is 0. The van der Waals surface area contributed by atoms with Crippen molar-refractivity contribution in [3.63, 3.8) is 0 Å². The van der Waals surface area contributed by atoms with Gasteiger partial charge in [0, 0.05) is 22.5 Å². The van der Waals surface area contributed by atoms with E-state index in [1.807, 2.05) is 36.4 Å². The molecule has 0 N–H and O–H groups in total. The molecule has 0 bridgehead atoms. The second kappa shape index (κ2) is 4.66. The van der Waals surface area contributed by atoms with Gasteiger partial charge in [-0.3, -0.25) is 0 Å². The Hall–Kier alpha value is -2.07. The lowest BCUT2D eigenvalue weighted by Crippen LogP contribution is -1.97. The van der Waals surface area contributed by atoms with E-state index in [1.54, 1.807) is 12.3 Å². The maximum Gasteiger partial charge on any atom is 0.337 e. The Morgan fingerprint density at radius 2 is 1.89 bits per heavy atom. The molecular formula is C14H9NO2S. The Labute approximate surface area is 107 Å². The van der Waals surface area contributed by atoms with E-state index in [4.69, 9.17) is 4.42 Å². The molecule has 0 fully saturated rings. The normalized spacial score (nSPS) is 10.7.